The smallest absolute Gasteiger partial charge is 0.0940 e. The first-order valence-corrected chi connectivity index (χ1v) is 9.19. The predicted octanol–water partition coefficient (Wildman–Crippen LogP) is 2.64. The fourth-order valence-electron chi connectivity index (χ4n) is 2.93. The summed E-state index contributed by atoms with van der Waals surface area (Å²) in [6, 6.07) is 3.96. The van der Waals surface area contributed by atoms with E-state index in [9.17, 15) is 5.11 Å². The van der Waals surface area contributed by atoms with Crippen molar-refractivity contribution in [1.82, 2.24) is 4.98 Å². The molecule has 1 N–H and O–H groups in total. The molecule has 1 saturated carbocycles. The number of aromatic nitrogens is 1. The molecule has 23 heavy (non-hydrogen) atoms. The van der Waals surface area contributed by atoms with Crippen molar-refractivity contribution in [2.45, 2.75) is 37.2 Å². The average molecular weight is 338 g/mol. The largest absolute Gasteiger partial charge is 0.392 e. The summed E-state index contributed by atoms with van der Waals surface area (Å²) >= 11 is 1.61. The molecule has 5 nitrogen and oxygen atoms in total. The molecular weight excluding hydrogens is 312 g/mol. The van der Waals surface area contributed by atoms with Crippen molar-refractivity contribution in [3.05, 3.63) is 30.1 Å². The average Bonchev–Trinajstić information content (AvgIpc) is 2.60. The van der Waals surface area contributed by atoms with Crippen LogP contribution in [0.5, 0.6) is 0 Å². The van der Waals surface area contributed by atoms with Crippen LogP contribution in [0.15, 0.2) is 29.5 Å². The van der Waals surface area contributed by atoms with Gasteiger partial charge in [0.1, 0.15) is 0 Å². The van der Waals surface area contributed by atoms with Crippen LogP contribution in [0.3, 0.4) is 0 Å². The van der Waals surface area contributed by atoms with E-state index in [1.54, 1.807) is 25.1 Å². The van der Waals surface area contributed by atoms with E-state index < -0.39 is 11.5 Å². The number of hydrogen-bond donors (Lipinski definition) is 1. The third kappa shape index (κ3) is 5.28. The van der Waals surface area contributed by atoms with Crippen molar-refractivity contribution < 1.29 is 14.6 Å². The molecule has 128 valence electrons. The minimum atomic E-state index is -0.399. The van der Waals surface area contributed by atoms with Gasteiger partial charge in [-0.05, 0) is 24.5 Å². The lowest BCUT2D eigenvalue weighted by Crippen LogP contribution is -2.43. The Kier molecular flexibility index (Phi) is 8.02. The highest BCUT2D eigenvalue weighted by atomic mass is 32.2. The first-order valence-electron chi connectivity index (χ1n) is 8.03. The molecule has 1 aliphatic rings. The lowest BCUT2D eigenvalue weighted by molar-refractivity contribution is 0.0801. The van der Waals surface area contributed by atoms with E-state index in [0.717, 1.165) is 31.2 Å². The Bertz CT molecular complexity index is 472. The Morgan fingerprint density at radius 1 is 1.48 bits per heavy atom. The van der Waals surface area contributed by atoms with E-state index in [4.69, 9.17) is 9.47 Å². The number of methoxy groups -OCH3 is 1. The van der Waals surface area contributed by atoms with Gasteiger partial charge in [0, 0.05) is 25.7 Å². The van der Waals surface area contributed by atoms with E-state index in [1.807, 2.05) is 24.5 Å². The summed E-state index contributed by atoms with van der Waals surface area (Å²) in [4.78, 5) is 8.77. The topological polar surface area (TPSA) is 63.9 Å². The van der Waals surface area contributed by atoms with Gasteiger partial charge in [0.15, 0.2) is 0 Å². The molecular formula is C17H26N2O3S. The summed E-state index contributed by atoms with van der Waals surface area (Å²) in [7, 11) is 1.66. The number of hydrogen-bond acceptors (Lipinski definition) is 6. The zero-order valence-electron chi connectivity index (χ0n) is 13.7. The number of nitrogens with zero attached hydrogens (tertiary/aromatic N) is 2. The van der Waals surface area contributed by atoms with Crippen LogP contribution in [-0.4, -0.2) is 54.5 Å². The van der Waals surface area contributed by atoms with Gasteiger partial charge >= 0.3 is 0 Å². The van der Waals surface area contributed by atoms with Gasteiger partial charge in [-0.1, -0.05) is 18.9 Å². The molecule has 2 unspecified atom stereocenters. The summed E-state index contributed by atoms with van der Waals surface area (Å²) in [5.41, 5.74) is 0.654. The lowest BCUT2D eigenvalue weighted by Gasteiger charge is -2.38. The third-order valence-electron chi connectivity index (χ3n) is 4.20. The van der Waals surface area contributed by atoms with E-state index in [2.05, 4.69) is 9.98 Å². The second-order valence-electron chi connectivity index (χ2n) is 5.71. The molecule has 1 fully saturated rings. The Balaban J connectivity index is 1.92. The fraction of sp³-hybridized carbons (Fsp3) is 0.647. The first-order chi connectivity index (χ1) is 11.3. The molecule has 2 rings (SSSR count). The quantitative estimate of drug-likeness (QED) is 0.426. The van der Waals surface area contributed by atoms with E-state index in [1.165, 1.54) is 0 Å². The van der Waals surface area contributed by atoms with Crippen molar-refractivity contribution in [1.29, 1.82) is 0 Å². The van der Waals surface area contributed by atoms with Crippen molar-refractivity contribution in [2.75, 3.05) is 32.1 Å². The minimum Gasteiger partial charge on any atom is -0.392 e. The van der Waals surface area contributed by atoms with Crippen LogP contribution in [0.1, 0.15) is 31.2 Å². The van der Waals surface area contributed by atoms with Gasteiger partial charge in [-0.2, -0.15) is 0 Å². The highest BCUT2D eigenvalue weighted by Gasteiger charge is 2.40. The molecule has 1 aliphatic carbocycles. The maximum Gasteiger partial charge on any atom is 0.0940 e. The summed E-state index contributed by atoms with van der Waals surface area (Å²) in [5, 5.41) is 10.6. The van der Waals surface area contributed by atoms with Crippen LogP contribution in [0.2, 0.25) is 0 Å². The molecule has 0 saturated heterocycles. The molecule has 1 aromatic rings. The monoisotopic (exact) mass is 338 g/mol. The molecule has 0 aromatic carbocycles. The van der Waals surface area contributed by atoms with Gasteiger partial charge in [-0.25, -0.2) is 0 Å². The Morgan fingerprint density at radius 3 is 3.13 bits per heavy atom. The zero-order chi connectivity index (χ0) is 16.4. The van der Waals surface area contributed by atoms with Crippen molar-refractivity contribution in [3.8, 4) is 0 Å². The first kappa shape index (κ1) is 18.4. The number of aliphatic hydroxyl groups excluding tert-OH is 1. The van der Waals surface area contributed by atoms with Crippen LogP contribution < -0.4 is 0 Å². The van der Waals surface area contributed by atoms with Crippen molar-refractivity contribution in [2.24, 2.45) is 4.99 Å². The lowest BCUT2D eigenvalue weighted by atomic mass is 9.68. The van der Waals surface area contributed by atoms with E-state index >= 15 is 0 Å². The number of ether oxygens (including phenoxy) is 2. The molecule has 1 aromatic heterocycles. The molecule has 0 amide bonds. The normalized spacial score (nSPS) is 25.0. The predicted molar refractivity (Wildman–Crippen MR) is 94.0 cm³/mol. The van der Waals surface area contributed by atoms with Crippen LogP contribution in [-0.2, 0) is 14.9 Å². The second kappa shape index (κ2) is 10.0. The minimum absolute atomic E-state index is 0.396. The second-order valence-corrected chi connectivity index (χ2v) is 6.61. The summed E-state index contributed by atoms with van der Waals surface area (Å²) in [6.45, 7) is 1.21. The summed E-state index contributed by atoms with van der Waals surface area (Å²) in [5.74, 6) is 1.23. The number of pyridine rings is 1. The SMILES string of the molecule is COCCOCSC/N=C/C1(c2cccnc2)CCCCC1O. The maximum atomic E-state index is 10.6. The van der Waals surface area contributed by atoms with Crippen molar-refractivity contribution >= 4 is 18.0 Å². The number of aliphatic imine (C=N–C) groups is 1. The van der Waals surface area contributed by atoms with Gasteiger partial charge < -0.3 is 14.6 Å². The van der Waals surface area contributed by atoms with Crippen LogP contribution >= 0.6 is 11.8 Å². The van der Waals surface area contributed by atoms with Gasteiger partial charge in [-0.15, -0.1) is 11.8 Å². The van der Waals surface area contributed by atoms with Gasteiger partial charge in [0.05, 0.1) is 36.5 Å². The molecule has 2 atom stereocenters. The van der Waals surface area contributed by atoms with Gasteiger partial charge in [0.2, 0.25) is 0 Å². The highest BCUT2D eigenvalue weighted by molar-refractivity contribution is 7.99. The fourth-order valence-corrected chi connectivity index (χ4v) is 3.42. The Morgan fingerprint density at radius 2 is 2.39 bits per heavy atom. The maximum absolute atomic E-state index is 10.6. The molecule has 0 spiro atoms. The number of aliphatic hydroxyl groups is 1. The molecule has 0 bridgehead atoms. The van der Waals surface area contributed by atoms with E-state index in [0.29, 0.717) is 25.0 Å². The van der Waals surface area contributed by atoms with Crippen LogP contribution in [0.4, 0.5) is 0 Å². The molecule has 1 heterocycles. The summed E-state index contributed by atoms with van der Waals surface area (Å²) < 4.78 is 10.3. The van der Waals surface area contributed by atoms with Gasteiger partial charge in [0.25, 0.3) is 0 Å². The standard InChI is InChI=1S/C17H26N2O3S/c1-21-9-10-22-14-23-13-19-12-17(7-3-2-6-16(17)20)15-5-4-8-18-11-15/h4-5,8,11-12,16,20H,2-3,6-7,9-10,13-14H2,1H3/b19-12+. The van der Waals surface area contributed by atoms with Crippen LogP contribution in [0.25, 0.3) is 0 Å². The third-order valence-corrected chi connectivity index (χ3v) is 4.86. The summed E-state index contributed by atoms with van der Waals surface area (Å²) in [6.07, 6.45) is 9.05. The molecule has 6 heteroatoms. The zero-order valence-corrected chi connectivity index (χ0v) is 14.5. The molecule has 0 aliphatic heterocycles. The number of rotatable bonds is 9. The molecule has 0 radical (unpaired) electrons. The Hall–Kier alpha value is -0.950. The van der Waals surface area contributed by atoms with Gasteiger partial charge in [-0.3, -0.25) is 9.98 Å². The Labute approximate surface area is 142 Å². The van der Waals surface area contributed by atoms with Crippen molar-refractivity contribution in [3.63, 3.8) is 0 Å². The van der Waals surface area contributed by atoms with Crippen LogP contribution in [0, 0.1) is 0 Å². The number of thioether (sulfide) groups is 1. The highest BCUT2D eigenvalue weighted by Crippen LogP contribution is 2.38. The van der Waals surface area contributed by atoms with E-state index in [-0.39, 0.29) is 0 Å².